The highest BCUT2D eigenvalue weighted by molar-refractivity contribution is 5.76. The van der Waals surface area contributed by atoms with E-state index in [1.54, 1.807) is 19.0 Å². The summed E-state index contributed by atoms with van der Waals surface area (Å²) >= 11 is 0. The smallest absolute Gasteiger partial charge is 0.248 e. The lowest BCUT2D eigenvalue weighted by atomic mass is 9.99. The predicted molar refractivity (Wildman–Crippen MR) is 93.0 cm³/mol. The molecule has 0 aliphatic carbocycles. The summed E-state index contributed by atoms with van der Waals surface area (Å²) in [5.41, 5.74) is 2.27. The average molecular weight is 346 g/mol. The Labute approximate surface area is 148 Å². The Bertz CT molecular complexity index is 735. The zero-order chi connectivity index (χ0) is 18.0. The van der Waals surface area contributed by atoms with Crippen molar-refractivity contribution in [2.45, 2.75) is 25.9 Å². The van der Waals surface area contributed by atoms with Crippen LogP contribution >= 0.6 is 0 Å². The lowest BCUT2D eigenvalue weighted by Gasteiger charge is -2.32. The summed E-state index contributed by atoms with van der Waals surface area (Å²) in [4.78, 5) is 20.1. The number of nitrogens with zero attached hydrogens (tertiary/aromatic N) is 4. The van der Waals surface area contributed by atoms with Crippen LogP contribution < -0.4 is 0 Å². The minimum Gasteiger partial charge on any atom is -0.465 e. The number of carbonyl (C=O) groups excluding carboxylic acids is 1. The van der Waals surface area contributed by atoms with Crippen LogP contribution in [0.25, 0.3) is 0 Å². The molecule has 2 aromatic heterocycles. The lowest BCUT2D eigenvalue weighted by molar-refractivity contribution is -0.133. The van der Waals surface area contributed by atoms with E-state index in [1.165, 1.54) is 5.69 Å². The molecule has 3 heterocycles. The van der Waals surface area contributed by atoms with Crippen molar-refractivity contribution in [1.29, 1.82) is 0 Å². The molecule has 1 aliphatic heterocycles. The second-order valence-electron chi connectivity index (χ2n) is 6.87. The normalized spacial score (nSPS) is 17.5. The highest BCUT2D eigenvalue weighted by atomic mass is 16.5. The van der Waals surface area contributed by atoms with E-state index in [4.69, 9.17) is 9.15 Å². The molecule has 1 amide bonds. The van der Waals surface area contributed by atoms with Gasteiger partial charge in [-0.25, -0.2) is 4.98 Å². The number of ether oxygens (including phenoxy) is 1. The molecule has 1 aliphatic rings. The molecule has 3 rings (SSSR count). The van der Waals surface area contributed by atoms with Crippen LogP contribution in [-0.4, -0.2) is 59.1 Å². The van der Waals surface area contributed by atoms with Crippen LogP contribution in [0.2, 0.25) is 0 Å². The standard InChI is InChI=1S/C18H26N4O3/c1-13-5-6-15(25-13)8-22-7-14(10-24-11-17(23)20(2)3)18-16(9-22)19-12-21(18)4/h5-6,12,14H,7-11H2,1-4H3/t14-/m0/s1. The zero-order valence-electron chi connectivity index (χ0n) is 15.4. The van der Waals surface area contributed by atoms with E-state index in [9.17, 15) is 4.79 Å². The molecule has 0 N–H and O–H groups in total. The van der Waals surface area contributed by atoms with Crippen LogP contribution in [0.3, 0.4) is 0 Å². The van der Waals surface area contributed by atoms with Crippen LogP contribution in [-0.2, 0) is 29.7 Å². The SMILES string of the molecule is Cc1ccc(CN2Cc3ncn(C)c3[C@H](COCC(=O)N(C)C)C2)o1. The van der Waals surface area contributed by atoms with Crippen molar-refractivity contribution in [3.63, 3.8) is 0 Å². The van der Waals surface area contributed by atoms with Gasteiger partial charge in [0, 0.05) is 45.8 Å². The summed E-state index contributed by atoms with van der Waals surface area (Å²) in [6.45, 7) is 4.95. The van der Waals surface area contributed by atoms with Gasteiger partial charge in [0.05, 0.1) is 25.2 Å². The van der Waals surface area contributed by atoms with Gasteiger partial charge in [0.15, 0.2) is 0 Å². The molecule has 0 aromatic carbocycles. The molecule has 7 nitrogen and oxygen atoms in total. The topological polar surface area (TPSA) is 63.7 Å². The van der Waals surface area contributed by atoms with E-state index in [-0.39, 0.29) is 18.4 Å². The molecular weight excluding hydrogens is 320 g/mol. The van der Waals surface area contributed by atoms with Gasteiger partial charge in [0.2, 0.25) is 5.91 Å². The van der Waals surface area contributed by atoms with Crippen molar-refractivity contribution in [2.24, 2.45) is 7.05 Å². The molecule has 0 saturated carbocycles. The average Bonchev–Trinajstić information content (AvgIpc) is 3.13. The van der Waals surface area contributed by atoms with Crippen LogP contribution in [0.5, 0.6) is 0 Å². The number of amides is 1. The summed E-state index contributed by atoms with van der Waals surface area (Å²) in [5, 5.41) is 0. The highest BCUT2D eigenvalue weighted by Crippen LogP contribution is 2.28. The Morgan fingerprint density at radius 3 is 2.92 bits per heavy atom. The molecule has 0 bridgehead atoms. The number of aromatic nitrogens is 2. The molecule has 136 valence electrons. The summed E-state index contributed by atoms with van der Waals surface area (Å²) in [6, 6.07) is 4.00. The molecule has 0 fully saturated rings. The first-order valence-corrected chi connectivity index (χ1v) is 8.49. The third kappa shape index (κ3) is 4.11. The van der Waals surface area contributed by atoms with E-state index in [0.717, 1.165) is 36.8 Å². The van der Waals surface area contributed by atoms with E-state index in [1.807, 2.05) is 32.4 Å². The molecule has 0 unspecified atom stereocenters. The molecule has 0 saturated heterocycles. The maximum Gasteiger partial charge on any atom is 0.248 e. The largest absolute Gasteiger partial charge is 0.465 e. The van der Waals surface area contributed by atoms with Gasteiger partial charge in [-0.3, -0.25) is 9.69 Å². The minimum atomic E-state index is -0.0241. The number of likely N-dealkylation sites (N-methyl/N-ethyl adjacent to an activating group) is 1. The number of furan rings is 1. The maximum atomic E-state index is 11.7. The fourth-order valence-corrected chi connectivity index (χ4v) is 3.27. The second-order valence-corrected chi connectivity index (χ2v) is 6.87. The van der Waals surface area contributed by atoms with Crippen molar-refractivity contribution in [3.8, 4) is 0 Å². The predicted octanol–water partition coefficient (Wildman–Crippen LogP) is 1.53. The molecule has 25 heavy (non-hydrogen) atoms. The van der Waals surface area contributed by atoms with Crippen molar-refractivity contribution >= 4 is 5.91 Å². The lowest BCUT2D eigenvalue weighted by Crippen LogP contribution is -2.36. The van der Waals surface area contributed by atoms with E-state index >= 15 is 0 Å². The maximum absolute atomic E-state index is 11.7. The first-order valence-electron chi connectivity index (χ1n) is 8.49. The van der Waals surface area contributed by atoms with Crippen molar-refractivity contribution < 1.29 is 13.9 Å². The van der Waals surface area contributed by atoms with Crippen molar-refractivity contribution in [1.82, 2.24) is 19.4 Å². The van der Waals surface area contributed by atoms with Crippen molar-refractivity contribution in [2.75, 3.05) is 33.9 Å². The first-order chi connectivity index (χ1) is 11.9. The molecule has 0 radical (unpaired) electrons. The Hall–Kier alpha value is -2.12. The number of hydrogen-bond acceptors (Lipinski definition) is 5. The molecule has 7 heteroatoms. The van der Waals surface area contributed by atoms with Gasteiger partial charge >= 0.3 is 0 Å². The van der Waals surface area contributed by atoms with Gasteiger partial charge in [-0.05, 0) is 19.1 Å². The fraction of sp³-hybridized carbons (Fsp3) is 0.556. The number of aryl methyl sites for hydroxylation is 2. The number of imidazole rings is 1. The summed E-state index contributed by atoms with van der Waals surface area (Å²) < 4.78 is 13.5. The van der Waals surface area contributed by atoms with E-state index < -0.39 is 0 Å². The van der Waals surface area contributed by atoms with Gasteiger partial charge in [-0.2, -0.15) is 0 Å². The van der Waals surface area contributed by atoms with Gasteiger partial charge in [0.1, 0.15) is 18.1 Å². The fourth-order valence-electron chi connectivity index (χ4n) is 3.27. The van der Waals surface area contributed by atoms with E-state index in [2.05, 4.69) is 14.5 Å². The Morgan fingerprint density at radius 1 is 1.44 bits per heavy atom. The first kappa shape index (κ1) is 17.7. The van der Waals surface area contributed by atoms with Gasteiger partial charge in [0.25, 0.3) is 0 Å². The summed E-state index contributed by atoms with van der Waals surface area (Å²) in [5.74, 6) is 2.04. The van der Waals surface area contributed by atoms with Crippen LogP contribution in [0.15, 0.2) is 22.9 Å². The third-order valence-corrected chi connectivity index (χ3v) is 4.52. The van der Waals surface area contributed by atoms with Gasteiger partial charge < -0.3 is 18.6 Å². The molecular formula is C18H26N4O3. The van der Waals surface area contributed by atoms with Crippen LogP contribution in [0.1, 0.15) is 28.8 Å². The molecule has 2 aromatic rings. The Balaban J connectivity index is 1.67. The summed E-state index contributed by atoms with van der Waals surface area (Å²) in [6.07, 6.45) is 1.85. The highest BCUT2D eigenvalue weighted by Gasteiger charge is 2.29. The summed E-state index contributed by atoms with van der Waals surface area (Å²) in [7, 11) is 5.48. The number of fused-ring (bicyclic) bond motifs is 1. The third-order valence-electron chi connectivity index (χ3n) is 4.52. The quantitative estimate of drug-likeness (QED) is 0.794. The number of carbonyl (C=O) groups is 1. The number of hydrogen-bond donors (Lipinski definition) is 0. The minimum absolute atomic E-state index is 0.0241. The van der Waals surface area contributed by atoms with Gasteiger partial charge in [-0.1, -0.05) is 0 Å². The van der Waals surface area contributed by atoms with Crippen LogP contribution in [0.4, 0.5) is 0 Å². The number of rotatable bonds is 6. The molecule has 0 spiro atoms. The molecule has 1 atom stereocenters. The van der Waals surface area contributed by atoms with Gasteiger partial charge in [-0.15, -0.1) is 0 Å². The van der Waals surface area contributed by atoms with E-state index in [0.29, 0.717) is 6.61 Å². The Kier molecular flexibility index (Phi) is 5.24. The van der Waals surface area contributed by atoms with Crippen molar-refractivity contribution in [3.05, 3.63) is 41.4 Å². The second kappa shape index (κ2) is 7.41. The Morgan fingerprint density at radius 2 is 2.24 bits per heavy atom. The van der Waals surface area contributed by atoms with Crippen LogP contribution in [0, 0.1) is 6.92 Å². The zero-order valence-corrected chi connectivity index (χ0v) is 15.4. The monoisotopic (exact) mass is 346 g/mol.